The molecular weight excluding hydrogens is 281 g/mol. The first-order valence-electron chi connectivity index (χ1n) is 5.97. The molecule has 0 N–H and O–H groups in total. The second kappa shape index (κ2) is 5.70. The van der Waals surface area contributed by atoms with Gasteiger partial charge in [0, 0.05) is 12.5 Å². The summed E-state index contributed by atoms with van der Waals surface area (Å²) in [5.41, 5.74) is 0.437. The fraction of sp³-hybridized carbons (Fsp3) is 0.231. The van der Waals surface area contributed by atoms with Gasteiger partial charge in [-0.1, -0.05) is 6.07 Å². The molecule has 0 aliphatic rings. The van der Waals surface area contributed by atoms with Gasteiger partial charge in [-0.3, -0.25) is 0 Å². The first-order valence-corrected chi connectivity index (χ1v) is 5.97. The van der Waals surface area contributed by atoms with E-state index in [0.29, 0.717) is 11.4 Å². The van der Waals surface area contributed by atoms with E-state index in [2.05, 4.69) is 9.72 Å². The maximum absolute atomic E-state index is 13.3. The van der Waals surface area contributed by atoms with Gasteiger partial charge in [-0.15, -0.1) is 0 Å². The molecule has 2 rings (SSSR count). The van der Waals surface area contributed by atoms with Gasteiger partial charge in [-0.2, -0.15) is 0 Å². The summed E-state index contributed by atoms with van der Waals surface area (Å²) in [6.07, 6.45) is 1.14. The zero-order valence-corrected chi connectivity index (χ0v) is 11.4. The van der Waals surface area contributed by atoms with Crippen molar-refractivity contribution in [3.05, 3.63) is 57.3 Å². The maximum Gasteiger partial charge on any atom is 0.343 e. The molecule has 0 aliphatic carbocycles. The Kier molecular flexibility index (Phi) is 3.97. The smallest absolute Gasteiger partial charge is 0.343 e. The second-order valence-electron chi connectivity index (χ2n) is 4.30. The lowest BCUT2D eigenvalue weighted by molar-refractivity contribution is -0.392. The molecule has 0 spiro atoms. The summed E-state index contributed by atoms with van der Waals surface area (Å²) < 4.78 is 19.2. The van der Waals surface area contributed by atoms with Crippen molar-refractivity contribution in [1.29, 1.82) is 0 Å². The van der Waals surface area contributed by atoms with Crippen LogP contribution in [0.3, 0.4) is 0 Å². The van der Waals surface area contributed by atoms with Crippen LogP contribution in [0, 0.1) is 22.9 Å². The molecule has 110 valence electrons. The molecule has 0 bridgehead atoms. The van der Waals surface area contributed by atoms with Crippen LogP contribution in [0.4, 0.5) is 10.2 Å². The molecule has 0 unspecified atom stereocenters. The van der Waals surface area contributed by atoms with Crippen LogP contribution in [0.5, 0.6) is 0 Å². The molecule has 0 aliphatic heterocycles. The van der Waals surface area contributed by atoms with Crippen molar-refractivity contribution in [3.8, 4) is 0 Å². The zero-order chi connectivity index (χ0) is 15.6. The largest absolute Gasteiger partial charge is 0.465 e. The van der Waals surface area contributed by atoms with E-state index < -0.39 is 16.7 Å². The Bertz CT molecular complexity index is 711. The molecule has 8 heteroatoms. The average Bonchev–Trinajstić information content (AvgIpc) is 2.81. The number of aryl methyl sites for hydroxylation is 1. The average molecular weight is 293 g/mol. The number of hydrogen-bond acceptors (Lipinski definition) is 5. The molecule has 1 aromatic heterocycles. The normalized spacial score (nSPS) is 10.4. The second-order valence-corrected chi connectivity index (χ2v) is 4.30. The van der Waals surface area contributed by atoms with Gasteiger partial charge < -0.3 is 14.9 Å². The van der Waals surface area contributed by atoms with Crippen LogP contribution in [0.15, 0.2) is 24.4 Å². The fourth-order valence-electron chi connectivity index (χ4n) is 1.95. The summed E-state index contributed by atoms with van der Waals surface area (Å²) in [7, 11) is 1.18. The molecule has 0 fully saturated rings. The third-order valence-corrected chi connectivity index (χ3v) is 3.03. The number of hydrogen-bond donors (Lipinski definition) is 0. The standard InChI is InChI=1S/C13H12FN3O4/c1-8-15-6-12(17(19)20)16(8)7-9-3-4-10(14)5-11(9)13(18)21-2/h3-6H,7H2,1-2H3. The molecule has 1 aromatic carbocycles. The molecule has 21 heavy (non-hydrogen) atoms. The van der Waals surface area contributed by atoms with Gasteiger partial charge in [-0.25, -0.2) is 18.7 Å². The molecule has 1 heterocycles. The third kappa shape index (κ3) is 2.88. The van der Waals surface area contributed by atoms with Crippen molar-refractivity contribution in [3.63, 3.8) is 0 Å². The number of esters is 1. The highest BCUT2D eigenvalue weighted by Crippen LogP contribution is 2.19. The van der Waals surface area contributed by atoms with Crippen molar-refractivity contribution in [2.24, 2.45) is 0 Å². The topological polar surface area (TPSA) is 87.3 Å². The molecule has 0 radical (unpaired) electrons. The summed E-state index contributed by atoms with van der Waals surface area (Å²) in [5.74, 6) is -1.07. The Morgan fingerprint density at radius 1 is 1.52 bits per heavy atom. The highest BCUT2D eigenvalue weighted by atomic mass is 19.1. The van der Waals surface area contributed by atoms with Crippen LogP contribution in [0.25, 0.3) is 0 Å². The summed E-state index contributed by atoms with van der Waals surface area (Å²) in [6, 6.07) is 3.61. The lowest BCUT2D eigenvalue weighted by Gasteiger charge is -2.08. The predicted octanol–water partition coefficient (Wildman–Crippen LogP) is 2.07. The number of rotatable bonds is 4. The van der Waals surface area contributed by atoms with Gasteiger partial charge in [0.15, 0.2) is 5.82 Å². The Morgan fingerprint density at radius 2 is 2.24 bits per heavy atom. The third-order valence-electron chi connectivity index (χ3n) is 3.03. The fourth-order valence-corrected chi connectivity index (χ4v) is 1.95. The van der Waals surface area contributed by atoms with E-state index in [1.165, 1.54) is 23.8 Å². The van der Waals surface area contributed by atoms with Gasteiger partial charge in [-0.05, 0) is 17.1 Å². The van der Waals surface area contributed by atoms with Crippen molar-refractivity contribution in [1.82, 2.24) is 9.55 Å². The van der Waals surface area contributed by atoms with Crippen LogP contribution >= 0.6 is 0 Å². The van der Waals surface area contributed by atoms with E-state index in [4.69, 9.17) is 0 Å². The van der Waals surface area contributed by atoms with Crippen molar-refractivity contribution in [2.75, 3.05) is 7.11 Å². The number of carbonyl (C=O) groups excluding carboxylic acids is 1. The van der Waals surface area contributed by atoms with Crippen LogP contribution in [-0.2, 0) is 11.3 Å². The molecule has 0 amide bonds. The van der Waals surface area contributed by atoms with Crippen molar-refractivity contribution in [2.45, 2.75) is 13.5 Å². The number of carbonyl (C=O) groups is 1. The van der Waals surface area contributed by atoms with Gasteiger partial charge in [0.2, 0.25) is 0 Å². The zero-order valence-electron chi connectivity index (χ0n) is 11.4. The van der Waals surface area contributed by atoms with Gasteiger partial charge in [0.1, 0.15) is 18.6 Å². The first kappa shape index (κ1) is 14.6. The lowest BCUT2D eigenvalue weighted by atomic mass is 10.1. The van der Waals surface area contributed by atoms with Crippen LogP contribution < -0.4 is 0 Å². The first-order chi connectivity index (χ1) is 9.93. The molecular formula is C13H12FN3O4. The number of methoxy groups -OCH3 is 1. The summed E-state index contributed by atoms with van der Waals surface area (Å²) in [5, 5.41) is 10.9. The summed E-state index contributed by atoms with van der Waals surface area (Å²) >= 11 is 0. The number of aromatic nitrogens is 2. The Morgan fingerprint density at radius 3 is 2.86 bits per heavy atom. The molecule has 7 nitrogen and oxygen atoms in total. The number of nitrogens with zero attached hydrogens (tertiary/aromatic N) is 3. The van der Waals surface area contributed by atoms with E-state index in [-0.39, 0.29) is 17.9 Å². The Labute approximate surface area is 119 Å². The van der Waals surface area contributed by atoms with Gasteiger partial charge in [0.05, 0.1) is 12.7 Å². The van der Waals surface area contributed by atoms with E-state index in [0.717, 1.165) is 12.3 Å². The van der Waals surface area contributed by atoms with Crippen LogP contribution in [0.1, 0.15) is 21.7 Å². The molecule has 0 atom stereocenters. The quantitative estimate of drug-likeness (QED) is 0.489. The number of benzene rings is 1. The SMILES string of the molecule is COC(=O)c1cc(F)ccc1Cn1c([N+](=O)[O-])cnc1C. The molecule has 0 saturated carbocycles. The predicted molar refractivity (Wildman–Crippen MR) is 70.5 cm³/mol. The van der Waals surface area contributed by atoms with Gasteiger partial charge in [0.25, 0.3) is 0 Å². The highest BCUT2D eigenvalue weighted by Gasteiger charge is 2.21. The monoisotopic (exact) mass is 293 g/mol. The number of imidazole rings is 1. The highest BCUT2D eigenvalue weighted by molar-refractivity contribution is 5.91. The van der Waals surface area contributed by atoms with Gasteiger partial charge >= 0.3 is 11.8 Å². The number of ether oxygens (including phenoxy) is 1. The van der Waals surface area contributed by atoms with Crippen molar-refractivity contribution >= 4 is 11.8 Å². The number of halogens is 1. The molecule has 0 saturated heterocycles. The van der Waals surface area contributed by atoms with E-state index in [9.17, 15) is 19.3 Å². The minimum absolute atomic E-state index is 0.0207. The van der Waals surface area contributed by atoms with E-state index in [1.54, 1.807) is 6.92 Å². The van der Waals surface area contributed by atoms with Crippen molar-refractivity contribution < 1.29 is 18.8 Å². The van der Waals surface area contributed by atoms with E-state index in [1.807, 2.05) is 0 Å². The Hall–Kier alpha value is -2.77. The minimum atomic E-state index is -0.704. The minimum Gasteiger partial charge on any atom is -0.465 e. The van der Waals surface area contributed by atoms with Crippen LogP contribution in [0.2, 0.25) is 0 Å². The summed E-state index contributed by atoms with van der Waals surface area (Å²) in [4.78, 5) is 25.9. The molecule has 2 aromatic rings. The maximum atomic E-state index is 13.3. The lowest BCUT2D eigenvalue weighted by Crippen LogP contribution is -2.12. The number of nitro groups is 1. The van der Waals surface area contributed by atoms with Crippen LogP contribution in [-0.4, -0.2) is 27.6 Å². The summed E-state index contributed by atoms with van der Waals surface area (Å²) in [6.45, 7) is 1.63. The van der Waals surface area contributed by atoms with E-state index >= 15 is 0 Å². The Balaban J connectivity index is 2.47.